The fourth-order valence-electron chi connectivity index (χ4n) is 2.90. The molecule has 2 rings (SSSR count). The molecule has 94 valence electrons. The number of β-amino-alcohol motifs (C(OH)–C–C–N with tert-alkyl or cyclic N) is 1. The third-order valence-electron chi connectivity index (χ3n) is 3.99. The zero-order chi connectivity index (χ0) is 11.4. The van der Waals surface area contributed by atoms with Crippen molar-refractivity contribution in [2.75, 3.05) is 45.9 Å². The number of aliphatic hydroxyl groups excluding tert-OH is 2. The third kappa shape index (κ3) is 3.17. The maximum atomic E-state index is 9.79. The Kier molecular flexibility index (Phi) is 4.58. The van der Waals surface area contributed by atoms with Crippen LogP contribution < -0.4 is 0 Å². The molecule has 16 heavy (non-hydrogen) atoms. The minimum absolute atomic E-state index is 0.0597. The Morgan fingerprint density at radius 2 is 1.69 bits per heavy atom. The van der Waals surface area contributed by atoms with Crippen LogP contribution in [0, 0.1) is 5.92 Å². The quantitative estimate of drug-likeness (QED) is 0.697. The highest BCUT2D eigenvalue weighted by molar-refractivity contribution is 4.81. The van der Waals surface area contributed by atoms with E-state index in [0.717, 1.165) is 45.7 Å². The Morgan fingerprint density at radius 3 is 2.25 bits per heavy atom. The molecule has 2 aliphatic rings. The number of hydrogen-bond acceptors (Lipinski definition) is 4. The monoisotopic (exact) mass is 228 g/mol. The maximum Gasteiger partial charge on any atom is 0.0580 e. The fraction of sp³-hybridized carbons (Fsp3) is 1.00. The summed E-state index contributed by atoms with van der Waals surface area (Å²) in [5.41, 5.74) is 0. The second kappa shape index (κ2) is 5.96. The maximum absolute atomic E-state index is 9.79. The standard InChI is InChI=1S/C12H24N2O2/c15-9-8-13-4-6-14(7-5-13)10-11-2-1-3-12(11)16/h11-12,15-16H,1-10H2. The second-order valence-corrected chi connectivity index (χ2v) is 5.12. The van der Waals surface area contributed by atoms with Crippen molar-refractivity contribution in [3.05, 3.63) is 0 Å². The summed E-state index contributed by atoms with van der Waals surface area (Å²) in [6, 6.07) is 0. The Balaban J connectivity index is 1.68. The average Bonchev–Trinajstić information content (AvgIpc) is 2.68. The molecule has 0 bridgehead atoms. The number of hydrogen-bond donors (Lipinski definition) is 2. The van der Waals surface area contributed by atoms with Gasteiger partial charge in [0, 0.05) is 39.3 Å². The van der Waals surface area contributed by atoms with Crippen LogP contribution in [0.3, 0.4) is 0 Å². The summed E-state index contributed by atoms with van der Waals surface area (Å²) < 4.78 is 0. The van der Waals surface area contributed by atoms with E-state index in [0.29, 0.717) is 5.92 Å². The van der Waals surface area contributed by atoms with Gasteiger partial charge in [-0.15, -0.1) is 0 Å². The van der Waals surface area contributed by atoms with Crippen LogP contribution in [0.2, 0.25) is 0 Å². The van der Waals surface area contributed by atoms with Gasteiger partial charge in [-0.3, -0.25) is 4.90 Å². The molecule has 4 heteroatoms. The number of aliphatic hydroxyl groups is 2. The van der Waals surface area contributed by atoms with Crippen molar-refractivity contribution in [2.45, 2.75) is 25.4 Å². The van der Waals surface area contributed by atoms with E-state index in [1.165, 1.54) is 12.8 Å². The van der Waals surface area contributed by atoms with Crippen LogP contribution in [0.15, 0.2) is 0 Å². The molecule has 0 aromatic rings. The lowest BCUT2D eigenvalue weighted by molar-refractivity contribution is 0.0684. The van der Waals surface area contributed by atoms with Crippen LogP contribution in [-0.2, 0) is 0 Å². The molecular weight excluding hydrogens is 204 g/mol. The zero-order valence-electron chi connectivity index (χ0n) is 10.0. The molecule has 1 heterocycles. The minimum Gasteiger partial charge on any atom is -0.395 e. The van der Waals surface area contributed by atoms with E-state index in [4.69, 9.17) is 5.11 Å². The van der Waals surface area contributed by atoms with Crippen molar-refractivity contribution in [3.8, 4) is 0 Å². The summed E-state index contributed by atoms with van der Waals surface area (Å²) >= 11 is 0. The van der Waals surface area contributed by atoms with Gasteiger partial charge in [0.1, 0.15) is 0 Å². The highest BCUT2D eigenvalue weighted by Gasteiger charge is 2.28. The Hall–Kier alpha value is -0.160. The molecule has 0 aromatic heterocycles. The van der Waals surface area contributed by atoms with Gasteiger partial charge < -0.3 is 15.1 Å². The molecule has 2 fully saturated rings. The summed E-state index contributed by atoms with van der Waals surface area (Å²) in [6.07, 6.45) is 3.32. The fourth-order valence-corrected chi connectivity index (χ4v) is 2.90. The predicted octanol–water partition coefficient (Wildman–Crippen LogP) is -0.243. The summed E-state index contributed by atoms with van der Waals surface area (Å²) in [5.74, 6) is 0.504. The van der Waals surface area contributed by atoms with Crippen LogP contribution in [0.5, 0.6) is 0 Å². The van der Waals surface area contributed by atoms with Crippen LogP contribution in [-0.4, -0.2) is 72.0 Å². The lowest BCUT2D eigenvalue weighted by Crippen LogP contribution is -2.48. The first-order valence-corrected chi connectivity index (χ1v) is 6.53. The van der Waals surface area contributed by atoms with Crippen LogP contribution in [0.1, 0.15) is 19.3 Å². The van der Waals surface area contributed by atoms with Gasteiger partial charge in [-0.1, -0.05) is 6.42 Å². The van der Waals surface area contributed by atoms with E-state index in [2.05, 4.69) is 9.80 Å². The topological polar surface area (TPSA) is 46.9 Å². The molecule has 1 aliphatic heterocycles. The van der Waals surface area contributed by atoms with Gasteiger partial charge in [-0.05, 0) is 18.8 Å². The minimum atomic E-state index is -0.0597. The van der Waals surface area contributed by atoms with Gasteiger partial charge in [0.2, 0.25) is 0 Å². The van der Waals surface area contributed by atoms with Crippen molar-refractivity contribution in [1.29, 1.82) is 0 Å². The van der Waals surface area contributed by atoms with Gasteiger partial charge in [-0.2, -0.15) is 0 Å². The summed E-state index contributed by atoms with van der Waals surface area (Å²) in [5, 5.41) is 18.6. The molecule has 2 atom stereocenters. The van der Waals surface area contributed by atoms with Crippen molar-refractivity contribution < 1.29 is 10.2 Å². The number of rotatable bonds is 4. The molecule has 1 saturated carbocycles. The van der Waals surface area contributed by atoms with Gasteiger partial charge >= 0.3 is 0 Å². The molecule has 0 radical (unpaired) electrons. The van der Waals surface area contributed by atoms with E-state index >= 15 is 0 Å². The predicted molar refractivity (Wildman–Crippen MR) is 63.3 cm³/mol. The van der Waals surface area contributed by atoms with E-state index in [1.54, 1.807) is 0 Å². The van der Waals surface area contributed by atoms with Gasteiger partial charge in [0.15, 0.2) is 0 Å². The van der Waals surface area contributed by atoms with E-state index in [1.807, 2.05) is 0 Å². The highest BCUT2D eigenvalue weighted by atomic mass is 16.3. The van der Waals surface area contributed by atoms with E-state index in [-0.39, 0.29) is 12.7 Å². The third-order valence-corrected chi connectivity index (χ3v) is 3.99. The first kappa shape index (κ1) is 12.3. The summed E-state index contributed by atoms with van der Waals surface area (Å²) in [6.45, 7) is 6.43. The normalized spacial score (nSPS) is 33.4. The second-order valence-electron chi connectivity index (χ2n) is 5.12. The smallest absolute Gasteiger partial charge is 0.0580 e. The van der Waals surface area contributed by atoms with Gasteiger partial charge in [-0.25, -0.2) is 0 Å². The molecular formula is C12H24N2O2. The van der Waals surface area contributed by atoms with Crippen molar-refractivity contribution >= 4 is 0 Å². The first-order valence-electron chi connectivity index (χ1n) is 6.53. The summed E-state index contributed by atoms with van der Waals surface area (Å²) in [7, 11) is 0. The van der Waals surface area contributed by atoms with Gasteiger partial charge in [0.05, 0.1) is 12.7 Å². The zero-order valence-corrected chi connectivity index (χ0v) is 10.0. The van der Waals surface area contributed by atoms with Crippen molar-refractivity contribution in [1.82, 2.24) is 9.80 Å². The lowest BCUT2D eigenvalue weighted by Gasteiger charge is -2.36. The molecule has 2 unspecified atom stereocenters. The van der Waals surface area contributed by atoms with Crippen LogP contribution >= 0.6 is 0 Å². The Bertz CT molecular complexity index is 205. The largest absolute Gasteiger partial charge is 0.395 e. The first-order chi connectivity index (χ1) is 7.79. The molecule has 1 aliphatic carbocycles. The molecule has 0 amide bonds. The Morgan fingerprint density at radius 1 is 1.00 bits per heavy atom. The van der Waals surface area contributed by atoms with E-state index < -0.39 is 0 Å². The lowest BCUT2D eigenvalue weighted by atomic mass is 10.1. The van der Waals surface area contributed by atoms with Crippen molar-refractivity contribution in [3.63, 3.8) is 0 Å². The SMILES string of the molecule is OCCN1CCN(CC2CCCC2O)CC1. The van der Waals surface area contributed by atoms with Crippen molar-refractivity contribution in [2.24, 2.45) is 5.92 Å². The van der Waals surface area contributed by atoms with E-state index in [9.17, 15) is 5.11 Å². The molecule has 0 aromatic carbocycles. The molecule has 1 saturated heterocycles. The van der Waals surface area contributed by atoms with Crippen LogP contribution in [0.4, 0.5) is 0 Å². The Labute approximate surface area is 97.9 Å². The number of piperazine rings is 1. The molecule has 0 spiro atoms. The molecule has 2 N–H and O–H groups in total. The van der Waals surface area contributed by atoms with Crippen LogP contribution in [0.25, 0.3) is 0 Å². The van der Waals surface area contributed by atoms with Gasteiger partial charge in [0.25, 0.3) is 0 Å². The average molecular weight is 228 g/mol. The summed E-state index contributed by atoms with van der Waals surface area (Å²) in [4.78, 5) is 4.77. The number of nitrogens with zero attached hydrogens (tertiary/aromatic N) is 2. The highest BCUT2D eigenvalue weighted by Crippen LogP contribution is 2.26. The molecule has 4 nitrogen and oxygen atoms in total.